The minimum atomic E-state index is -0.253. The number of carbonyl (C=O) groups excluding carboxylic acids is 2. The van der Waals surface area contributed by atoms with Crippen LogP contribution in [-0.2, 0) is 9.53 Å². The van der Waals surface area contributed by atoms with E-state index < -0.39 is 0 Å². The van der Waals surface area contributed by atoms with E-state index in [1.165, 1.54) is 20.0 Å². The van der Waals surface area contributed by atoms with Crippen molar-refractivity contribution >= 4 is 11.9 Å². The first-order valence-electron chi connectivity index (χ1n) is 6.49. The van der Waals surface area contributed by atoms with Gasteiger partial charge in [-0.15, -0.1) is 0 Å². The Bertz CT molecular complexity index is 465. The fourth-order valence-corrected chi connectivity index (χ4v) is 1.91. The highest BCUT2D eigenvalue weighted by atomic mass is 16.5. The number of ether oxygens (including phenoxy) is 1. The van der Waals surface area contributed by atoms with Crippen molar-refractivity contribution in [1.29, 1.82) is 0 Å². The van der Waals surface area contributed by atoms with Gasteiger partial charge in [-0.2, -0.15) is 5.10 Å². The summed E-state index contributed by atoms with van der Waals surface area (Å²) in [4.78, 5) is 24.6. The number of nitrogens with one attached hydrogen (secondary N) is 1. The first kappa shape index (κ1) is 13.6. The Labute approximate surface area is 112 Å². The smallest absolute Gasteiger partial charge is 0.305 e. The first-order chi connectivity index (χ1) is 9.11. The Kier molecular flexibility index (Phi) is 4.19. The van der Waals surface area contributed by atoms with Gasteiger partial charge in [0.1, 0.15) is 5.69 Å². The molecule has 1 aromatic rings. The summed E-state index contributed by atoms with van der Waals surface area (Å²) >= 11 is 0. The van der Waals surface area contributed by atoms with Gasteiger partial charge in [-0.1, -0.05) is 0 Å². The number of hydrogen-bond acceptors (Lipinski definition) is 4. The lowest BCUT2D eigenvalue weighted by molar-refractivity contribution is -0.140. The summed E-state index contributed by atoms with van der Waals surface area (Å²) in [6, 6.07) is 1.83. The molecule has 1 aliphatic carbocycles. The molecular formula is C13H19N3O3. The number of H-pyrrole nitrogens is 1. The molecule has 19 heavy (non-hydrogen) atoms. The maximum atomic E-state index is 12.1. The molecule has 1 amide bonds. The molecule has 0 aromatic carbocycles. The molecule has 1 aliphatic rings. The Balaban J connectivity index is 1.82. The summed E-state index contributed by atoms with van der Waals surface area (Å²) in [5.74, 6) is 0.184. The summed E-state index contributed by atoms with van der Waals surface area (Å²) < 4.78 is 4.55. The van der Waals surface area contributed by atoms with E-state index >= 15 is 0 Å². The second-order valence-electron chi connectivity index (χ2n) is 4.89. The third-order valence-corrected chi connectivity index (χ3v) is 3.28. The predicted molar refractivity (Wildman–Crippen MR) is 68.8 cm³/mol. The van der Waals surface area contributed by atoms with Crippen LogP contribution in [0, 0.1) is 0 Å². The van der Waals surface area contributed by atoms with Crippen LogP contribution in [0.15, 0.2) is 6.07 Å². The summed E-state index contributed by atoms with van der Waals surface area (Å²) in [6.45, 7) is 0.513. The van der Waals surface area contributed by atoms with Crippen LogP contribution in [-0.4, -0.2) is 47.7 Å². The number of esters is 1. The van der Waals surface area contributed by atoms with Crippen LogP contribution in [0.5, 0.6) is 0 Å². The number of aromatic amines is 1. The summed E-state index contributed by atoms with van der Waals surface area (Å²) in [6.07, 6.45) is 3.26. The van der Waals surface area contributed by atoms with E-state index in [4.69, 9.17) is 0 Å². The predicted octanol–water partition coefficient (Wildman–Crippen LogP) is 1.31. The van der Waals surface area contributed by atoms with Gasteiger partial charge < -0.3 is 9.64 Å². The van der Waals surface area contributed by atoms with Crippen LogP contribution < -0.4 is 0 Å². The van der Waals surface area contributed by atoms with Crippen molar-refractivity contribution in [2.75, 3.05) is 20.7 Å². The molecule has 1 aromatic heterocycles. The lowest BCUT2D eigenvalue weighted by Gasteiger charge is -2.15. The van der Waals surface area contributed by atoms with Crippen LogP contribution in [0.1, 0.15) is 47.8 Å². The van der Waals surface area contributed by atoms with Gasteiger partial charge in [-0.05, 0) is 25.3 Å². The Morgan fingerprint density at radius 3 is 2.89 bits per heavy atom. The number of nitrogens with zero attached hydrogens (tertiary/aromatic N) is 2. The van der Waals surface area contributed by atoms with Crippen molar-refractivity contribution in [2.45, 2.75) is 31.6 Å². The van der Waals surface area contributed by atoms with E-state index in [2.05, 4.69) is 14.9 Å². The third-order valence-electron chi connectivity index (χ3n) is 3.28. The summed E-state index contributed by atoms with van der Waals surface area (Å²) in [5.41, 5.74) is 1.49. The number of rotatable bonds is 6. The lowest BCUT2D eigenvalue weighted by atomic mass is 10.2. The van der Waals surface area contributed by atoms with Gasteiger partial charge in [0.25, 0.3) is 5.91 Å². The van der Waals surface area contributed by atoms with Crippen molar-refractivity contribution in [3.63, 3.8) is 0 Å². The molecule has 0 bridgehead atoms. The number of carbonyl (C=O) groups is 2. The van der Waals surface area contributed by atoms with E-state index in [1.807, 2.05) is 6.07 Å². The lowest BCUT2D eigenvalue weighted by Crippen LogP contribution is -2.28. The second kappa shape index (κ2) is 5.86. The molecule has 0 unspecified atom stereocenters. The monoisotopic (exact) mass is 265 g/mol. The zero-order valence-electron chi connectivity index (χ0n) is 11.3. The van der Waals surface area contributed by atoms with Crippen LogP contribution in [0.2, 0.25) is 0 Å². The van der Waals surface area contributed by atoms with E-state index in [0.29, 0.717) is 31.0 Å². The van der Waals surface area contributed by atoms with Crippen molar-refractivity contribution in [2.24, 2.45) is 0 Å². The minimum Gasteiger partial charge on any atom is -0.469 e. The van der Waals surface area contributed by atoms with Gasteiger partial charge in [-0.3, -0.25) is 14.7 Å². The first-order valence-corrected chi connectivity index (χ1v) is 6.49. The van der Waals surface area contributed by atoms with Crippen molar-refractivity contribution in [1.82, 2.24) is 15.1 Å². The van der Waals surface area contributed by atoms with E-state index in [1.54, 1.807) is 11.9 Å². The molecule has 0 radical (unpaired) electrons. The maximum Gasteiger partial charge on any atom is 0.305 e. The van der Waals surface area contributed by atoms with Crippen molar-refractivity contribution in [3.05, 3.63) is 17.5 Å². The zero-order valence-corrected chi connectivity index (χ0v) is 11.3. The van der Waals surface area contributed by atoms with E-state index in [9.17, 15) is 9.59 Å². The minimum absolute atomic E-state index is 0.118. The quantitative estimate of drug-likeness (QED) is 0.787. The summed E-state index contributed by atoms with van der Waals surface area (Å²) in [5, 5.41) is 6.97. The molecule has 6 heteroatoms. The van der Waals surface area contributed by atoms with Crippen LogP contribution in [0.4, 0.5) is 0 Å². The van der Waals surface area contributed by atoms with E-state index in [0.717, 1.165) is 5.69 Å². The average molecular weight is 265 g/mol. The van der Waals surface area contributed by atoms with Gasteiger partial charge in [0.2, 0.25) is 0 Å². The van der Waals surface area contributed by atoms with Gasteiger partial charge in [-0.25, -0.2) is 0 Å². The molecule has 104 valence electrons. The van der Waals surface area contributed by atoms with Gasteiger partial charge in [0.15, 0.2) is 0 Å². The maximum absolute atomic E-state index is 12.1. The fraction of sp³-hybridized carbons (Fsp3) is 0.615. The molecule has 1 saturated carbocycles. The SMILES string of the molecule is COC(=O)CCCN(C)C(=O)c1cc(C2CC2)[nH]n1. The molecular weight excluding hydrogens is 246 g/mol. The van der Waals surface area contributed by atoms with Crippen molar-refractivity contribution in [3.8, 4) is 0 Å². The van der Waals surface area contributed by atoms with Crippen molar-refractivity contribution < 1.29 is 14.3 Å². The van der Waals surface area contributed by atoms with Crippen LogP contribution in [0.25, 0.3) is 0 Å². The molecule has 0 atom stereocenters. The van der Waals surface area contributed by atoms with Gasteiger partial charge in [0, 0.05) is 31.6 Å². The highest BCUT2D eigenvalue weighted by molar-refractivity contribution is 5.92. The molecule has 1 heterocycles. The Morgan fingerprint density at radius 1 is 1.53 bits per heavy atom. The number of hydrogen-bond donors (Lipinski definition) is 1. The Hall–Kier alpha value is -1.85. The topological polar surface area (TPSA) is 75.3 Å². The summed E-state index contributed by atoms with van der Waals surface area (Å²) in [7, 11) is 3.07. The molecule has 0 saturated heterocycles. The molecule has 6 nitrogen and oxygen atoms in total. The number of amides is 1. The van der Waals surface area contributed by atoms with E-state index in [-0.39, 0.29) is 11.9 Å². The highest BCUT2D eigenvalue weighted by Gasteiger charge is 2.27. The Morgan fingerprint density at radius 2 is 2.26 bits per heavy atom. The molecule has 2 rings (SSSR count). The average Bonchev–Trinajstić information content (AvgIpc) is 3.15. The number of methoxy groups -OCH3 is 1. The molecule has 1 N–H and O–H groups in total. The van der Waals surface area contributed by atoms with Gasteiger partial charge >= 0.3 is 5.97 Å². The zero-order chi connectivity index (χ0) is 13.8. The highest BCUT2D eigenvalue weighted by Crippen LogP contribution is 2.39. The fourth-order valence-electron chi connectivity index (χ4n) is 1.91. The molecule has 0 spiro atoms. The molecule has 0 aliphatic heterocycles. The second-order valence-corrected chi connectivity index (χ2v) is 4.89. The standard InChI is InChI=1S/C13H19N3O3/c1-16(7-3-4-12(17)19-2)13(18)11-8-10(14-15-11)9-5-6-9/h8-9H,3-7H2,1-2H3,(H,14,15). The normalized spacial score (nSPS) is 14.2. The largest absolute Gasteiger partial charge is 0.469 e. The van der Waals surface area contributed by atoms with Crippen LogP contribution in [0.3, 0.4) is 0 Å². The number of aromatic nitrogens is 2. The molecule has 1 fully saturated rings. The van der Waals surface area contributed by atoms with Gasteiger partial charge in [0.05, 0.1) is 7.11 Å². The third kappa shape index (κ3) is 3.56. The van der Waals surface area contributed by atoms with Crippen LogP contribution >= 0.6 is 0 Å².